The Hall–Kier alpha value is -1.02. The number of alkyl halides is 3. The summed E-state index contributed by atoms with van der Waals surface area (Å²) in [7, 11) is 1.03. The first-order chi connectivity index (χ1) is 7.27. The maximum atomic E-state index is 12.5. The van der Waals surface area contributed by atoms with Crippen molar-refractivity contribution in [2.24, 2.45) is 5.92 Å². The smallest absolute Gasteiger partial charge is 0.409 e. The number of methoxy groups -OCH3 is 1. The Kier molecular flexibility index (Phi) is 3.64. The van der Waals surface area contributed by atoms with Gasteiger partial charge in [-0.3, -0.25) is 0 Å². The average molecular weight is 243 g/mol. The van der Waals surface area contributed by atoms with Gasteiger partial charge in [0.2, 0.25) is 0 Å². The number of aliphatic hydroxyl groups is 2. The van der Waals surface area contributed by atoms with Gasteiger partial charge in [-0.15, -0.1) is 0 Å². The number of ether oxygens (including phenoxy) is 1. The molecule has 1 rings (SSSR count). The summed E-state index contributed by atoms with van der Waals surface area (Å²) in [6.07, 6.45) is -9.17. The second-order valence-corrected chi connectivity index (χ2v) is 3.58. The number of aliphatic hydroxyl groups excluding tert-OH is 2. The van der Waals surface area contributed by atoms with Gasteiger partial charge in [-0.25, -0.2) is 4.79 Å². The van der Waals surface area contributed by atoms with Crippen LogP contribution in [0.3, 0.4) is 0 Å². The summed E-state index contributed by atoms with van der Waals surface area (Å²) in [6.45, 7) is -1.09. The van der Waals surface area contributed by atoms with Crippen molar-refractivity contribution >= 4 is 6.09 Å². The molecule has 1 saturated heterocycles. The van der Waals surface area contributed by atoms with Crippen molar-refractivity contribution in [2.75, 3.05) is 20.2 Å². The molecule has 0 spiro atoms. The van der Waals surface area contributed by atoms with Gasteiger partial charge in [0.1, 0.15) is 5.92 Å². The second-order valence-electron chi connectivity index (χ2n) is 3.58. The van der Waals surface area contributed by atoms with Crippen LogP contribution in [0.4, 0.5) is 18.0 Å². The number of hydrogen-bond donors (Lipinski definition) is 2. The second kappa shape index (κ2) is 4.46. The van der Waals surface area contributed by atoms with E-state index in [2.05, 4.69) is 4.74 Å². The van der Waals surface area contributed by atoms with Gasteiger partial charge in [-0.2, -0.15) is 13.2 Å². The van der Waals surface area contributed by atoms with E-state index in [0.29, 0.717) is 0 Å². The van der Waals surface area contributed by atoms with E-state index in [1.54, 1.807) is 0 Å². The molecular formula is C8H12F3NO4. The average Bonchev–Trinajstić information content (AvgIpc) is 2.18. The van der Waals surface area contributed by atoms with E-state index in [0.717, 1.165) is 12.0 Å². The molecule has 8 heteroatoms. The van der Waals surface area contributed by atoms with E-state index < -0.39 is 36.9 Å². The number of halogens is 3. The molecule has 94 valence electrons. The van der Waals surface area contributed by atoms with Crippen LogP contribution in [0.1, 0.15) is 0 Å². The zero-order chi connectivity index (χ0) is 12.5. The molecule has 1 heterocycles. The minimum absolute atomic E-state index is 0.375. The molecule has 16 heavy (non-hydrogen) atoms. The quantitative estimate of drug-likeness (QED) is 0.626. The molecule has 0 saturated carbocycles. The van der Waals surface area contributed by atoms with Crippen molar-refractivity contribution in [1.82, 2.24) is 4.90 Å². The fraction of sp³-hybridized carbons (Fsp3) is 0.875. The zero-order valence-electron chi connectivity index (χ0n) is 8.44. The summed E-state index contributed by atoms with van der Waals surface area (Å²) >= 11 is 0. The van der Waals surface area contributed by atoms with Crippen LogP contribution < -0.4 is 0 Å². The standard InChI is InChI=1S/C8H12F3NO4/c1-16-7(15)12-2-4(8(9,10)11)6(14)5(13)3-12/h4-6,13-14H,2-3H2,1H3/t4?,5-,6-/m1/s1. The SMILES string of the molecule is COC(=O)N1CC(C(F)(F)F)[C@@H](O)[C@H](O)C1. The van der Waals surface area contributed by atoms with Crippen LogP contribution in [0.5, 0.6) is 0 Å². The summed E-state index contributed by atoms with van der Waals surface area (Å²) in [5.41, 5.74) is 0. The van der Waals surface area contributed by atoms with Gasteiger partial charge < -0.3 is 19.8 Å². The molecule has 0 aromatic carbocycles. The van der Waals surface area contributed by atoms with Gasteiger partial charge in [-0.1, -0.05) is 0 Å². The molecule has 1 fully saturated rings. The Balaban J connectivity index is 2.81. The number of rotatable bonds is 0. The molecule has 0 radical (unpaired) electrons. The molecule has 1 amide bonds. The van der Waals surface area contributed by atoms with E-state index in [-0.39, 0.29) is 6.54 Å². The van der Waals surface area contributed by atoms with Crippen LogP contribution in [0, 0.1) is 5.92 Å². The van der Waals surface area contributed by atoms with Gasteiger partial charge in [0, 0.05) is 6.54 Å². The van der Waals surface area contributed by atoms with Crippen LogP contribution in [0.25, 0.3) is 0 Å². The van der Waals surface area contributed by atoms with E-state index in [1.807, 2.05) is 0 Å². The van der Waals surface area contributed by atoms with Crippen LogP contribution >= 0.6 is 0 Å². The van der Waals surface area contributed by atoms with E-state index in [1.165, 1.54) is 0 Å². The van der Waals surface area contributed by atoms with E-state index in [4.69, 9.17) is 0 Å². The Morgan fingerprint density at radius 2 is 1.94 bits per heavy atom. The van der Waals surface area contributed by atoms with Crippen molar-refractivity contribution in [2.45, 2.75) is 18.4 Å². The number of piperidine rings is 1. The molecule has 0 bridgehead atoms. The fourth-order valence-corrected chi connectivity index (χ4v) is 1.60. The topological polar surface area (TPSA) is 70.0 Å². The number of amides is 1. The summed E-state index contributed by atoms with van der Waals surface area (Å²) in [5, 5.41) is 18.4. The minimum atomic E-state index is -4.67. The molecule has 5 nitrogen and oxygen atoms in total. The highest BCUT2D eigenvalue weighted by Crippen LogP contribution is 2.33. The Bertz CT molecular complexity index is 270. The monoisotopic (exact) mass is 243 g/mol. The van der Waals surface area contributed by atoms with E-state index in [9.17, 15) is 28.2 Å². The number of carbonyl (C=O) groups is 1. The van der Waals surface area contributed by atoms with Crippen LogP contribution in [-0.4, -0.2) is 59.8 Å². The Labute approximate surface area is 89.4 Å². The lowest BCUT2D eigenvalue weighted by Crippen LogP contribution is -2.58. The van der Waals surface area contributed by atoms with Crippen molar-refractivity contribution in [3.05, 3.63) is 0 Å². The first kappa shape index (κ1) is 13.0. The number of β-amino-alcohol motifs (C(OH)–C–C–N with tert-alkyl or cyclic N) is 1. The fourth-order valence-electron chi connectivity index (χ4n) is 1.60. The van der Waals surface area contributed by atoms with E-state index >= 15 is 0 Å². The first-order valence-corrected chi connectivity index (χ1v) is 4.53. The van der Waals surface area contributed by atoms with Crippen molar-refractivity contribution < 1.29 is 32.9 Å². The van der Waals surface area contributed by atoms with Gasteiger partial charge in [0.25, 0.3) is 0 Å². The molecule has 0 aliphatic carbocycles. The van der Waals surface area contributed by atoms with Crippen LogP contribution in [0.15, 0.2) is 0 Å². The minimum Gasteiger partial charge on any atom is -0.453 e. The highest BCUT2D eigenvalue weighted by atomic mass is 19.4. The zero-order valence-corrected chi connectivity index (χ0v) is 8.44. The summed E-state index contributed by atoms with van der Waals surface area (Å²) in [4.78, 5) is 11.8. The highest BCUT2D eigenvalue weighted by molar-refractivity contribution is 5.67. The Morgan fingerprint density at radius 1 is 1.38 bits per heavy atom. The third kappa shape index (κ3) is 2.56. The highest BCUT2D eigenvalue weighted by Gasteiger charge is 2.51. The number of likely N-dealkylation sites (tertiary alicyclic amines) is 1. The Morgan fingerprint density at radius 3 is 2.38 bits per heavy atom. The van der Waals surface area contributed by atoms with Gasteiger partial charge in [-0.05, 0) is 0 Å². The van der Waals surface area contributed by atoms with Crippen molar-refractivity contribution in [1.29, 1.82) is 0 Å². The lowest BCUT2D eigenvalue weighted by atomic mass is 9.92. The van der Waals surface area contributed by atoms with Gasteiger partial charge in [0.05, 0.1) is 25.9 Å². The number of hydrogen-bond acceptors (Lipinski definition) is 4. The molecule has 1 unspecified atom stereocenters. The summed E-state index contributed by atoms with van der Waals surface area (Å²) in [5.74, 6) is -2.16. The number of carbonyl (C=O) groups excluding carboxylic acids is 1. The summed E-state index contributed by atoms with van der Waals surface area (Å²) < 4.78 is 41.6. The molecular weight excluding hydrogens is 231 g/mol. The molecule has 1 aliphatic heterocycles. The van der Waals surface area contributed by atoms with Gasteiger partial charge >= 0.3 is 12.3 Å². The largest absolute Gasteiger partial charge is 0.453 e. The lowest BCUT2D eigenvalue weighted by Gasteiger charge is -2.39. The third-order valence-corrected chi connectivity index (χ3v) is 2.48. The van der Waals surface area contributed by atoms with Crippen LogP contribution in [-0.2, 0) is 4.74 Å². The third-order valence-electron chi connectivity index (χ3n) is 2.48. The lowest BCUT2D eigenvalue weighted by molar-refractivity contribution is -0.228. The molecule has 2 N–H and O–H groups in total. The predicted octanol–water partition coefficient (Wildman–Crippen LogP) is -0.0313. The molecule has 0 aromatic rings. The normalized spacial score (nSPS) is 31.4. The maximum Gasteiger partial charge on any atom is 0.409 e. The predicted molar refractivity (Wildman–Crippen MR) is 45.5 cm³/mol. The summed E-state index contributed by atoms with van der Waals surface area (Å²) in [6, 6.07) is 0. The van der Waals surface area contributed by atoms with Crippen LogP contribution in [0.2, 0.25) is 0 Å². The van der Waals surface area contributed by atoms with Gasteiger partial charge in [0.15, 0.2) is 0 Å². The van der Waals surface area contributed by atoms with Crippen molar-refractivity contribution in [3.8, 4) is 0 Å². The van der Waals surface area contributed by atoms with Crippen molar-refractivity contribution in [3.63, 3.8) is 0 Å². The molecule has 3 atom stereocenters. The first-order valence-electron chi connectivity index (χ1n) is 4.53. The number of nitrogens with zero attached hydrogens (tertiary/aromatic N) is 1. The molecule has 1 aliphatic rings. The maximum absolute atomic E-state index is 12.5. The molecule has 0 aromatic heterocycles.